The van der Waals surface area contributed by atoms with Gasteiger partial charge in [0.2, 0.25) is 5.91 Å². The summed E-state index contributed by atoms with van der Waals surface area (Å²) in [5.41, 5.74) is 2.38. The van der Waals surface area contributed by atoms with Gasteiger partial charge in [0.1, 0.15) is 12.6 Å². The number of imide groups is 1. The molecule has 0 bridgehead atoms. The van der Waals surface area contributed by atoms with Crippen LogP contribution in [0, 0.1) is 0 Å². The third kappa shape index (κ3) is 1.97. The largest absolute Gasteiger partial charge is 0.371 e. The Morgan fingerprint density at radius 2 is 2.17 bits per heavy atom. The third-order valence-corrected chi connectivity index (χ3v) is 3.35. The Labute approximate surface area is 105 Å². The van der Waals surface area contributed by atoms with Gasteiger partial charge >= 0.3 is 6.03 Å². The highest BCUT2D eigenvalue weighted by atomic mass is 16.5. The summed E-state index contributed by atoms with van der Waals surface area (Å²) in [4.78, 5) is 24.1. The maximum atomic E-state index is 11.5. The van der Waals surface area contributed by atoms with E-state index in [1.807, 2.05) is 18.2 Å². The fourth-order valence-electron chi connectivity index (χ4n) is 2.46. The summed E-state index contributed by atoms with van der Waals surface area (Å²) in [5.74, 6) is -0.246. The molecule has 5 heteroatoms. The van der Waals surface area contributed by atoms with Gasteiger partial charge in [-0.1, -0.05) is 24.3 Å². The van der Waals surface area contributed by atoms with Crippen molar-refractivity contribution < 1.29 is 14.3 Å². The van der Waals surface area contributed by atoms with Gasteiger partial charge in [0, 0.05) is 0 Å². The molecule has 1 aromatic rings. The monoisotopic (exact) mass is 246 g/mol. The maximum absolute atomic E-state index is 11.5. The third-order valence-electron chi connectivity index (χ3n) is 3.35. The molecule has 3 amide bonds. The Hall–Kier alpha value is -1.88. The normalized spacial score (nSPS) is 22.9. The first-order chi connectivity index (χ1) is 8.74. The van der Waals surface area contributed by atoms with Gasteiger partial charge in [0.05, 0.1) is 13.2 Å². The predicted molar refractivity (Wildman–Crippen MR) is 64.0 cm³/mol. The van der Waals surface area contributed by atoms with E-state index < -0.39 is 0 Å². The van der Waals surface area contributed by atoms with E-state index in [0.717, 1.165) is 12.0 Å². The molecule has 2 heterocycles. The molecular formula is C13H14N2O3. The molecule has 0 aromatic heterocycles. The van der Waals surface area contributed by atoms with Crippen molar-refractivity contribution in [2.24, 2.45) is 0 Å². The van der Waals surface area contributed by atoms with Crippen molar-refractivity contribution in [2.45, 2.75) is 12.5 Å². The van der Waals surface area contributed by atoms with Crippen LogP contribution in [0.1, 0.15) is 17.2 Å². The SMILES string of the molecule is O=C1CN(CC2OCCc3ccccc32)C(=O)N1. The van der Waals surface area contributed by atoms with Gasteiger partial charge in [-0.05, 0) is 17.5 Å². The minimum absolute atomic E-state index is 0.126. The number of hydrogen-bond acceptors (Lipinski definition) is 3. The first-order valence-corrected chi connectivity index (χ1v) is 6.02. The van der Waals surface area contributed by atoms with Crippen molar-refractivity contribution in [1.82, 2.24) is 10.2 Å². The predicted octanol–water partition coefficient (Wildman–Crippen LogP) is 0.852. The lowest BCUT2D eigenvalue weighted by Gasteiger charge is -2.28. The van der Waals surface area contributed by atoms with E-state index in [2.05, 4.69) is 11.4 Å². The number of carbonyl (C=O) groups is 2. The highest BCUT2D eigenvalue weighted by molar-refractivity contribution is 6.01. The van der Waals surface area contributed by atoms with Crippen LogP contribution in [0.2, 0.25) is 0 Å². The van der Waals surface area contributed by atoms with E-state index in [0.29, 0.717) is 13.2 Å². The zero-order valence-corrected chi connectivity index (χ0v) is 9.89. The second-order valence-corrected chi connectivity index (χ2v) is 4.54. The Morgan fingerprint density at radius 3 is 2.94 bits per heavy atom. The molecule has 5 nitrogen and oxygen atoms in total. The summed E-state index contributed by atoms with van der Waals surface area (Å²) in [6.07, 6.45) is 0.768. The average Bonchev–Trinajstić information content (AvgIpc) is 2.68. The number of ether oxygens (including phenoxy) is 1. The molecule has 0 saturated carbocycles. The van der Waals surface area contributed by atoms with Crippen LogP contribution in [0.5, 0.6) is 0 Å². The number of nitrogens with zero attached hydrogens (tertiary/aromatic N) is 1. The molecule has 2 aliphatic rings. The van der Waals surface area contributed by atoms with Crippen LogP contribution in [0.25, 0.3) is 0 Å². The molecule has 1 unspecified atom stereocenters. The van der Waals surface area contributed by atoms with Crippen LogP contribution >= 0.6 is 0 Å². The zero-order chi connectivity index (χ0) is 12.5. The lowest BCUT2D eigenvalue weighted by molar-refractivity contribution is -0.118. The molecule has 0 aliphatic carbocycles. The van der Waals surface area contributed by atoms with Crippen molar-refractivity contribution in [2.75, 3.05) is 19.7 Å². The summed E-state index contributed by atoms with van der Waals surface area (Å²) in [5, 5.41) is 2.27. The number of rotatable bonds is 2. The Kier molecular flexibility index (Phi) is 2.76. The first-order valence-electron chi connectivity index (χ1n) is 6.02. The second kappa shape index (κ2) is 4.42. The summed E-state index contributed by atoms with van der Waals surface area (Å²) in [6, 6.07) is 7.75. The van der Waals surface area contributed by atoms with Gasteiger partial charge < -0.3 is 9.64 Å². The van der Waals surface area contributed by atoms with Crippen LogP contribution in [-0.2, 0) is 16.0 Å². The molecular weight excluding hydrogens is 232 g/mol. The van der Waals surface area contributed by atoms with E-state index in [-0.39, 0.29) is 24.6 Å². The van der Waals surface area contributed by atoms with Crippen LogP contribution < -0.4 is 5.32 Å². The van der Waals surface area contributed by atoms with E-state index in [4.69, 9.17) is 4.74 Å². The molecule has 1 atom stereocenters. The standard InChI is InChI=1S/C13H14N2O3/c16-12-8-15(13(17)14-12)7-11-10-4-2-1-3-9(10)5-6-18-11/h1-4,11H,5-8H2,(H,14,16,17). The maximum Gasteiger partial charge on any atom is 0.324 e. The number of urea groups is 1. The van der Waals surface area contributed by atoms with Crippen molar-refractivity contribution in [1.29, 1.82) is 0 Å². The van der Waals surface area contributed by atoms with Crippen LogP contribution in [0.4, 0.5) is 4.79 Å². The molecule has 0 spiro atoms. The van der Waals surface area contributed by atoms with Crippen molar-refractivity contribution in [3.05, 3.63) is 35.4 Å². The highest BCUT2D eigenvalue weighted by Gasteiger charge is 2.31. The Bertz CT molecular complexity index is 501. The molecule has 1 N–H and O–H groups in total. The summed E-state index contributed by atoms with van der Waals surface area (Å²) < 4.78 is 5.72. The van der Waals surface area contributed by atoms with Gasteiger partial charge in [0.25, 0.3) is 0 Å². The van der Waals surface area contributed by atoms with Gasteiger partial charge in [0.15, 0.2) is 0 Å². The molecule has 0 radical (unpaired) electrons. The highest BCUT2D eigenvalue weighted by Crippen LogP contribution is 2.27. The summed E-state index contributed by atoms with van der Waals surface area (Å²) in [6.45, 7) is 1.21. The Balaban J connectivity index is 1.78. The van der Waals surface area contributed by atoms with E-state index in [1.165, 1.54) is 10.5 Å². The van der Waals surface area contributed by atoms with Crippen molar-refractivity contribution in [3.63, 3.8) is 0 Å². The molecule has 94 valence electrons. The summed E-state index contributed by atoms with van der Waals surface area (Å²) >= 11 is 0. The smallest absolute Gasteiger partial charge is 0.324 e. The second-order valence-electron chi connectivity index (χ2n) is 4.54. The van der Waals surface area contributed by atoms with Crippen LogP contribution in [0.3, 0.4) is 0 Å². The number of benzene rings is 1. The minimum Gasteiger partial charge on any atom is -0.371 e. The lowest BCUT2D eigenvalue weighted by atomic mass is 9.97. The summed E-state index contributed by atoms with van der Waals surface area (Å²) in [7, 11) is 0. The Morgan fingerprint density at radius 1 is 1.33 bits per heavy atom. The van der Waals surface area contributed by atoms with Gasteiger partial charge in [-0.2, -0.15) is 0 Å². The average molecular weight is 246 g/mol. The quantitative estimate of drug-likeness (QED) is 0.787. The molecule has 1 aromatic carbocycles. The van der Waals surface area contributed by atoms with Gasteiger partial charge in [-0.3, -0.25) is 10.1 Å². The molecule has 18 heavy (non-hydrogen) atoms. The number of hydrogen-bond donors (Lipinski definition) is 1. The lowest BCUT2D eigenvalue weighted by Crippen LogP contribution is -2.34. The number of amides is 3. The molecule has 2 aliphatic heterocycles. The number of fused-ring (bicyclic) bond motifs is 1. The number of carbonyl (C=O) groups excluding carboxylic acids is 2. The fourth-order valence-corrected chi connectivity index (χ4v) is 2.46. The molecule has 1 saturated heterocycles. The zero-order valence-electron chi connectivity index (χ0n) is 9.89. The first kappa shape index (κ1) is 11.2. The van der Waals surface area contributed by atoms with Gasteiger partial charge in [-0.15, -0.1) is 0 Å². The topological polar surface area (TPSA) is 58.6 Å². The van der Waals surface area contributed by atoms with Crippen molar-refractivity contribution >= 4 is 11.9 Å². The molecule has 1 fully saturated rings. The van der Waals surface area contributed by atoms with E-state index >= 15 is 0 Å². The number of nitrogens with one attached hydrogen (secondary N) is 1. The van der Waals surface area contributed by atoms with E-state index in [1.54, 1.807) is 0 Å². The van der Waals surface area contributed by atoms with Crippen LogP contribution in [0.15, 0.2) is 24.3 Å². The van der Waals surface area contributed by atoms with Crippen LogP contribution in [-0.4, -0.2) is 36.5 Å². The van der Waals surface area contributed by atoms with Gasteiger partial charge in [-0.25, -0.2) is 4.79 Å². The molecule has 3 rings (SSSR count). The minimum atomic E-state index is -0.327. The van der Waals surface area contributed by atoms with Crippen molar-refractivity contribution in [3.8, 4) is 0 Å². The fraction of sp³-hybridized carbons (Fsp3) is 0.385. The van der Waals surface area contributed by atoms with E-state index in [9.17, 15) is 9.59 Å².